The van der Waals surface area contributed by atoms with E-state index < -0.39 is 11.4 Å². The van der Waals surface area contributed by atoms with Crippen LogP contribution >= 0.6 is 0 Å². The van der Waals surface area contributed by atoms with Crippen LogP contribution in [0.3, 0.4) is 0 Å². The van der Waals surface area contributed by atoms with Gasteiger partial charge in [-0.1, -0.05) is 0 Å². The van der Waals surface area contributed by atoms with Gasteiger partial charge in [0, 0.05) is 18.8 Å². The number of rotatable bonds is 3. The number of carboxylic acid groups (broad SMARTS) is 1. The Balaban J connectivity index is 1.89. The van der Waals surface area contributed by atoms with Gasteiger partial charge in [0.15, 0.2) is 0 Å². The van der Waals surface area contributed by atoms with Crippen LogP contribution in [0.1, 0.15) is 25.1 Å². The lowest BCUT2D eigenvalue weighted by atomic mass is 9.71. The quantitative estimate of drug-likeness (QED) is 0.846. The molecule has 3 unspecified atom stereocenters. The summed E-state index contributed by atoms with van der Waals surface area (Å²) in [7, 11) is 0. The van der Waals surface area contributed by atoms with Crippen LogP contribution in [0, 0.1) is 5.41 Å². The number of aromatic nitrogens is 2. The Hall–Kier alpha value is -1.49. The standard InChI is InChI=1S/C12H14N2O3/c15-11(16)12(6-8-2-3-9(12)17-8)7-10-13-4-1-5-14-10/h1,4-5,8-9H,2-3,6-7H2,(H,15,16). The molecule has 2 fully saturated rings. The van der Waals surface area contributed by atoms with Crippen molar-refractivity contribution < 1.29 is 14.6 Å². The van der Waals surface area contributed by atoms with Gasteiger partial charge in [-0.2, -0.15) is 0 Å². The molecular formula is C12H14N2O3. The SMILES string of the molecule is O=C(O)C1(Cc2ncccn2)CC2CCC1O2. The zero-order valence-corrected chi connectivity index (χ0v) is 9.37. The predicted molar refractivity (Wildman–Crippen MR) is 58.3 cm³/mol. The van der Waals surface area contributed by atoms with E-state index in [0.717, 1.165) is 12.8 Å². The zero-order chi connectivity index (χ0) is 11.9. The zero-order valence-electron chi connectivity index (χ0n) is 9.37. The molecule has 90 valence electrons. The van der Waals surface area contributed by atoms with Crippen molar-refractivity contribution in [3.8, 4) is 0 Å². The molecule has 5 heteroatoms. The van der Waals surface area contributed by atoms with Gasteiger partial charge >= 0.3 is 5.97 Å². The highest BCUT2D eigenvalue weighted by Crippen LogP contribution is 2.49. The Labute approximate surface area is 98.8 Å². The summed E-state index contributed by atoms with van der Waals surface area (Å²) in [6.07, 6.45) is 6.00. The fraction of sp³-hybridized carbons (Fsp3) is 0.583. The van der Waals surface area contributed by atoms with E-state index in [9.17, 15) is 9.90 Å². The molecule has 1 aromatic heterocycles. The number of hydrogen-bond donors (Lipinski definition) is 1. The Morgan fingerprint density at radius 1 is 1.47 bits per heavy atom. The first-order valence-electron chi connectivity index (χ1n) is 5.85. The highest BCUT2D eigenvalue weighted by molar-refractivity contribution is 5.76. The number of ether oxygens (including phenoxy) is 1. The third kappa shape index (κ3) is 1.61. The highest BCUT2D eigenvalue weighted by Gasteiger charge is 2.57. The first kappa shape index (κ1) is 10.7. The van der Waals surface area contributed by atoms with Gasteiger partial charge in [-0.3, -0.25) is 4.79 Å². The molecule has 3 heterocycles. The summed E-state index contributed by atoms with van der Waals surface area (Å²) in [6.45, 7) is 0. The van der Waals surface area contributed by atoms with E-state index in [0.29, 0.717) is 18.7 Å². The van der Waals surface area contributed by atoms with Crippen LogP contribution in [0.25, 0.3) is 0 Å². The van der Waals surface area contributed by atoms with Gasteiger partial charge in [0.05, 0.1) is 12.2 Å². The first-order chi connectivity index (χ1) is 8.21. The molecule has 0 radical (unpaired) electrons. The van der Waals surface area contributed by atoms with E-state index >= 15 is 0 Å². The number of aliphatic carboxylic acids is 1. The number of carboxylic acids is 1. The number of carbonyl (C=O) groups is 1. The molecule has 2 saturated heterocycles. The monoisotopic (exact) mass is 234 g/mol. The van der Waals surface area contributed by atoms with E-state index in [1.807, 2.05) is 0 Å². The number of nitrogens with zero attached hydrogens (tertiary/aromatic N) is 2. The van der Waals surface area contributed by atoms with E-state index in [-0.39, 0.29) is 12.2 Å². The summed E-state index contributed by atoms with van der Waals surface area (Å²) in [4.78, 5) is 19.8. The second-order valence-electron chi connectivity index (χ2n) is 4.83. The third-order valence-corrected chi connectivity index (χ3v) is 3.83. The van der Waals surface area contributed by atoms with Crippen LogP contribution in [0.15, 0.2) is 18.5 Å². The van der Waals surface area contributed by atoms with Gasteiger partial charge < -0.3 is 9.84 Å². The van der Waals surface area contributed by atoms with E-state index in [1.165, 1.54) is 0 Å². The minimum atomic E-state index is -0.815. The van der Waals surface area contributed by atoms with Crippen molar-refractivity contribution in [2.45, 2.75) is 37.9 Å². The van der Waals surface area contributed by atoms with Gasteiger partial charge in [0.2, 0.25) is 0 Å². The molecule has 1 N–H and O–H groups in total. The predicted octanol–water partition coefficient (Wildman–Crippen LogP) is 1.04. The van der Waals surface area contributed by atoms with Crippen molar-refractivity contribution in [3.05, 3.63) is 24.3 Å². The second-order valence-corrected chi connectivity index (χ2v) is 4.83. The number of fused-ring (bicyclic) bond motifs is 2. The van der Waals surface area contributed by atoms with Crippen molar-refractivity contribution in [3.63, 3.8) is 0 Å². The fourth-order valence-corrected chi connectivity index (χ4v) is 2.99. The average molecular weight is 234 g/mol. The normalized spacial score (nSPS) is 35.1. The fourth-order valence-electron chi connectivity index (χ4n) is 2.99. The molecule has 2 aliphatic heterocycles. The largest absolute Gasteiger partial charge is 0.481 e. The topological polar surface area (TPSA) is 72.3 Å². The molecule has 0 aromatic carbocycles. The lowest BCUT2D eigenvalue weighted by molar-refractivity contribution is -0.152. The van der Waals surface area contributed by atoms with Crippen LogP contribution in [0.2, 0.25) is 0 Å². The molecule has 0 amide bonds. The van der Waals surface area contributed by atoms with Crippen LogP contribution < -0.4 is 0 Å². The van der Waals surface area contributed by atoms with Gasteiger partial charge in [-0.15, -0.1) is 0 Å². The van der Waals surface area contributed by atoms with Gasteiger partial charge in [0.1, 0.15) is 11.2 Å². The highest BCUT2D eigenvalue weighted by atomic mass is 16.5. The Morgan fingerprint density at radius 3 is 2.76 bits per heavy atom. The van der Waals surface area contributed by atoms with Crippen LogP contribution in [0.5, 0.6) is 0 Å². The summed E-state index contributed by atoms with van der Waals surface area (Å²) >= 11 is 0. The van der Waals surface area contributed by atoms with Crippen LogP contribution in [-0.4, -0.2) is 33.3 Å². The molecule has 17 heavy (non-hydrogen) atoms. The molecule has 3 atom stereocenters. The smallest absolute Gasteiger partial charge is 0.312 e. The molecular weight excluding hydrogens is 220 g/mol. The van der Waals surface area contributed by atoms with Crippen molar-refractivity contribution >= 4 is 5.97 Å². The summed E-state index contributed by atoms with van der Waals surface area (Å²) in [5.41, 5.74) is -0.815. The first-order valence-corrected chi connectivity index (χ1v) is 5.85. The Morgan fingerprint density at radius 2 is 2.24 bits per heavy atom. The Kier molecular flexibility index (Phi) is 2.36. The lowest BCUT2D eigenvalue weighted by Crippen LogP contribution is -2.42. The van der Waals surface area contributed by atoms with Crippen LogP contribution in [-0.2, 0) is 16.0 Å². The van der Waals surface area contributed by atoms with Gasteiger partial charge in [-0.25, -0.2) is 9.97 Å². The maximum absolute atomic E-state index is 11.6. The van der Waals surface area contributed by atoms with Gasteiger partial charge in [-0.05, 0) is 25.3 Å². The molecule has 0 spiro atoms. The van der Waals surface area contributed by atoms with E-state index in [4.69, 9.17) is 4.74 Å². The molecule has 2 aliphatic rings. The van der Waals surface area contributed by atoms with Crippen LogP contribution in [0.4, 0.5) is 0 Å². The summed E-state index contributed by atoms with van der Waals surface area (Å²) < 4.78 is 5.69. The minimum absolute atomic E-state index is 0.111. The van der Waals surface area contributed by atoms with E-state index in [1.54, 1.807) is 18.5 Å². The average Bonchev–Trinajstić information content (AvgIpc) is 2.91. The molecule has 0 aliphatic carbocycles. The third-order valence-electron chi connectivity index (χ3n) is 3.83. The summed E-state index contributed by atoms with van der Waals surface area (Å²) in [5, 5.41) is 9.51. The van der Waals surface area contributed by atoms with Crippen molar-refractivity contribution in [2.75, 3.05) is 0 Å². The maximum atomic E-state index is 11.6. The maximum Gasteiger partial charge on any atom is 0.312 e. The van der Waals surface area contributed by atoms with Gasteiger partial charge in [0.25, 0.3) is 0 Å². The van der Waals surface area contributed by atoms with Crippen molar-refractivity contribution in [2.24, 2.45) is 5.41 Å². The second kappa shape index (κ2) is 3.77. The molecule has 1 aromatic rings. The lowest BCUT2D eigenvalue weighted by Gasteiger charge is -2.30. The summed E-state index contributed by atoms with van der Waals surface area (Å²) in [6, 6.07) is 1.73. The van der Waals surface area contributed by atoms with Crippen molar-refractivity contribution in [1.29, 1.82) is 0 Å². The van der Waals surface area contributed by atoms with E-state index in [2.05, 4.69) is 9.97 Å². The molecule has 3 rings (SSSR count). The molecule has 0 saturated carbocycles. The summed E-state index contributed by atoms with van der Waals surface area (Å²) in [5.74, 6) is -0.191. The molecule has 5 nitrogen and oxygen atoms in total. The Bertz CT molecular complexity index is 437. The van der Waals surface area contributed by atoms with Crippen molar-refractivity contribution in [1.82, 2.24) is 9.97 Å². The molecule has 2 bridgehead atoms. The minimum Gasteiger partial charge on any atom is -0.481 e. The number of hydrogen-bond acceptors (Lipinski definition) is 4.